The van der Waals surface area contributed by atoms with E-state index in [1.807, 2.05) is 0 Å². The molecule has 0 saturated carbocycles. The lowest BCUT2D eigenvalue weighted by Gasteiger charge is -2.06. The number of rotatable bonds is 9. The van der Waals surface area contributed by atoms with E-state index < -0.39 is 17.6 Å². The number of halogens is 2. The van der Waals surface area contributed by atoms with E-state index in [2.05, 4.69) is 38.4 Å². The monoisotopic (exact) mass is 447 g/mol. The predicted octanol–water partition coefficient (Wildman–Crippen LogP) is 4.02. The van der Waals surface area contributed by atoms with E-state index in [-0.39, 0.29) is 18.5 Å². The Morgan fingerprint density at radius 1 is 1.18 bits per heavy atom. The van der Waals surface area contributed by atoms with E-state index in [1.54, 1.807) is 30.3 Å². The van der Waals surface area contributed by atoms with Gasteiger partial charge in [-0.05, 0) is 51.8 Å². The molecular weight excluding hydrogens is 429 g/mol. The van der Waals surface area contributed by atoms with E-state index >= 15 is 0 Å². The van der Waals surface area contributed by atoms with Crippen LogP contribution >= 0.6 is 15.9 Å². The molecule has 0 heterocycles. The summed E-state index contributed by atoms with van der Waals surface area (Å²) >= 11 is 3.39. The summed E-state index contributed by atoms with van der Waals surface area (Å²) in [5, 5.41) is 6.27. The van der Waals surface area contributed by atoms with Crippen LogP contribution in [0, 0.1) is 5.82 Å². The zero-order valence-corrected chi connectivity index (χ0v) is 16.5. The number of hydrogen-bond donors (Lipinski definition) is 2. The lowest BCUT2D eigenvalue weighted by Crippen LogP contribution is -2.20. The molecule has 2 aromatic rings. The first-order chi connectivity index (χ1) is 13.5. The summed E-state index contributed by atoms with van der Waals surface area (Å²) in [6.07, 6.45) is 2.96. The quantitative estimate of drug-likeness (QED) is 0.346. The topological polar surface area (TPSA) is 79.8 Å². The van der Waals surface area contributed by atoms with Crippen molar-refractivity contribution in [2.24, 2.45) is 5.10 Å². The molecule has 0 aromatic heterocycles. The van der Waals surface area contributed by atoms with Crippen molar-refractivity contribution >= 4 is 39.6 Å². The van der Waals surface area contributed by atoms with Gasteiger partial charge in [0, 0.05) is 12.8 Å². The molecule has 0 aliphatic rings. The zero-order chi connectivity index (χ0) is 20.4. The summed E-state index contributed by atoms with van der Waals surface area (Å²) in [6, 6.07) is 11.2. The van der Waals surface area contributed by atoms with Crippen LogP contribution in [0.1, 0.15) is 18.4 Å². The van der Waals surface area contributed by atoms with Gasteiger partial charge in [0.15, 0.2) is 0 Å². The van der Waals surface area contributed by atoms with Crippen LogP contribution in [0.5, 0.6) is 5.75 Å². The van der Waals surface area contributed by atoms with E-state index in [4.69, 9.17) is 4.74 Å². The summed E-state index contributed by atoms with van der Waals surface area (Å²) in [5.74, 6) is -0.743. The van der Waals surface area contributed by atoms with Gasteiger partial charge < -0.3 is 10.1 Å². The van der Waals surface area contributed by atoms with Crippen molar-refractivity contribution in [1.29, 1.82) is 0 Å². The highest BCUT2D eigenvalue weighted by atomic mass is 79.9. The molecule has 6 nitrogen and oxygen atoms in total. The molecule has 8 heteroatoms. The van der Waals surface area contributed by atoms with Crippen molar-refractivity contribution in [3.05, 3.63) is 71.0 Å². The molecule has 28 heavy (non-hydrogen) atoms. The Morgan fingerprint density at radius 2 is 1.93 bits per heavy atom. The molecule has 146 valence electrons. The second-order valence-corrected chi connectivity index (χ2v) is 6.47. The van der Waals surface area contributed by atoms with Crippen molar-refractivity contribution < 1.29 is 18.7 Å². The van der Waals surface area contributed by atoms with Crippen LogP contribution in [-0.2, 0) is 9.59 Å². The van der Waals surface area contributed by atoms with Crippen LogP contribution in [0.2, 0.25) is 0 Å². The van der Waals surface area contributed by atoms with Gasteiger partial charge in [-0.15, -0.1) is 0 Å². The molecule has 0 fully saturated rings. The largest absolute Gasteiger partial charge is 0.488 e. The van der Waals surface area contributed by atoms with Gasteiger partial charge in [-0.3, -0.25) is 9.59 Å². The summed E-state index contributed by atoms with van der Waals surface area (Å²) in [7, 11) is 0. The minimum Gasteiger partial charge on any atom is -0.488 e. The minimum absolute atomic E-state index is 0.0738. The number of carbonyl (C=O) groups excluding carboxylic acids is 2. The number of anilines is 1. The van der Waals surface area contributed by atoms with E-state index in [0.717, 1.165) is 10.0 Å². The number of nitrogens with one attached hydrogen (secondary N) is 2. The Balaban J connectivity index is 1.77. The fourth-order valence-corrected chi connectivity index (χ4v) is 2.61. The van der Waals surface area contributed by atoms with Crippen LogP contribution in [0.3, 0.4) is 0 Å². The molecule has 2 amide bonds. The third-order valence-electron chi connectivity index (χ3n) is 3.44. The van der Waals surface area contributed by atoms with Gasteiger partial charge in [0.2, 0.25) is 11.8 Å². The number of amides is 2. The first kappa shape index (κ1) is 21.3. The number of carbonyl (C=O) groups is 2. The maximum Gasteiger partial charge on any atom is 0.240 e. The van der Waals surface area contributed by atoms with Crippen molar-refractivity contribution in [3.63, 3.8) is 0 Å². The number of para-hydroxylation sites is 1. The van der Waals surface area contributed by atoms with Gasteiger partial charge in [-0.1, -0.05) is 24.8 Å². The van der Waals surface area contributed by atoms with Crippen molar-refractivity contribution in [1.82, 2.24) is 5.43 Å². The average molecular weight is 448 g/mol. The zero-order valence-electron chi connectivity index (χ0n) is 15.0. The van der Waals surface area contributed by atoms with E-state index in [0.29, 0.717) is 12.4 Å². The SMILES string of the molecule is C=CCOc1ccc(C=NNC(=O)CCC(=O)Nc2ccccc2F)cc1Br. The summed E-state index contributed by atoms with van der Waals surface area (Å²) in [5.41, 5.74) is 3.17. The third-order valence-corrected chi connectivity index (χ3v) is 4.06. The first-order valence-electron chi connectivity index (χ1n) is 8.39. The fraction of sp³-hybridized carbons (Fsp3) is 0.150. The number of hydrogen-bond acceptors (Lipinski definition) is 4. The summed E-state index contributed by atoms with van der Waals surface area (Å²) in [6.45, 7) is 3.98. The molecule has 2 rings (SSSR count). The minimum atomic E-state index is -0.531. The van der Waals surface area contributed by atoms with Gasteiger partial charge in [-0.2, -0.15) is 5.10 Å². The number of nitrogens with zero attached hydrogens (tertiary/aromatic N) is 1. The number of ether oxygens (including phenoxy) is 1. The van der Waals surface area contributed by atoms with Crippen LogP contribution in [0.15, 0.2) is 64.7 Å². The maximum atomic E-state index is 13.5. The van der Waals surface area contributed by atoms with Crippen LogP contribution in [0.25, 0.3) is 0 Å². The first-order valence-corrected chi connectivity index (χ1v) is 9.18. The maximum absolute atomic E-state index is 13.5. The molecule has 0 radical (unpaired) electrons. The molecule has 2 aromatic carbocycles. The van der Waals surface area contributed by atoms with Crippen LogP contribution in [0.4, 0.5) is 10.1 Å². The second kappa shape index (κ2) is 11.0. The number of hydrazone groups is 1. The summed E-state index contributed by atoms with van der Waals surface area (Å²) in [4.78, 5) is 23.6. The van der Waals surface area contributed by atoms with Gasteiger partial charge in [-0.25, -0.2) is 9.82 Å². The molecular formula is C20H19BrFN3O3. The smallest absolute Gasteiger partial charge is 0.240 e. The van der Waals surface area contributed by atoms with Crippen LogP contribution in [-0.4, -0.2) is 24.6 Å². The lowest BCUT2D eigenvalue weighted by atomic mass is 10.2. The van der Waals surface area contributed by atoms with Crippen molar-refractivity contribution in [3.8, 4) is 5.75 Å². The standard InChI is InChI=1S/C20H19BrFN3O3/c1-2-11-28-18-8-7-14(12-15(18)21)13-23-25-20(27)10-9-19(26)24-17-6-4-3-5-16(17)22/h2-8,12-13H,1,9-11H2,(H,24,26)(H,25,27). The molecule has 2 N–H and O–H groups in total. The van der Waals surface area contributed by atoms with Crippen molar-refractivity contribution in [2.75, 3.05) is 11.9 Å². The number of benzene rings is 2. The average Bonchev–Trinajstić information content (AvgIpc) is 2.67. The predicted molar refractivity (Wildman–Crippen MR) is 110 cm³/mol. The lowest BCUT2D eigenvalue weighted by molar-refractivity contribution is -0.124. The molecule has 0 aliphatic heterocycles. The van der Waals surface area contributed by atoms with E-state index in [1.165, 1.54) is 24.4 Å². The van der Waals surface area contributed by atoms with Crippen molar-refractivity contribution in [2.45, 2.75) is 12.8 Å². The summed E-state index contributed by atoms with van der Waals surface area (Å²) < 4.78 is 19.7. The highest BCUT2D eigenvalue weighted by molar-refractivity contribution is 9.10. The molecule has 0 aliphatic carbocycles. The van der Waals surface area contributed by atoms with Crippen LogP contribution < -0.4 is 15.5 Å². The van der Waals surface area contributed by atoms with Gasteiger partial charge in [0.25, 0.3) is 0 Å². The third kappa shape index (κ3) is 6.96. The van der Waals surface area contributed by atoms with E-state index in [9.17, 15) is 14.0 Å². The molecule has 0 spiro atoms. The Bertz CT molecular complexity index is 887. The molecule has 0 saturated heterocycles. The highest BCUT2D eigenvalue weighted by Gasteiger charge is 2.09. The molecule has 0 bridgehead atoms. The molecule has 0 atom stereocenters. The Labute approximate surface area is 170 Å². The normalized spacial score (nSPS) is 10.5. The fourth-order valence-electron chi connectivity index (χ4n) is 2.10. The molecule has 0 unspecified atom stereocenters. The Kier molecular flexibility index (Phi) is 8.36. The highest BCUT2D eigenvalue weighted by Crippen LogP contribution is 2.25. The van der Waals surface area contributed by atoms with Gasteiger partial charge >= 0.3 is 0 Å². The Morgan fingerprint density at radius 3 is 2.64 bits per heavy atom. The second-order valence-electron chi connectivity index (χ2n) is 5.61. The van der Waals surface area contributed by atoms with Gasteiger partial charge in [0.1, 0.15) is 18.2 Å². The van der Waals surface area contributed by atoms with Gasteiger partial charge in [0.05, 0.1) is 16.4 Å². The Hall–Kier alpha value is -3.00.